The van der Waals surface area contributed by atoms with Gasteiger partial charge in [-0.15, -0.1) is 0 Å². The lowest BCUT2D eigenvalue weighted by atomic mass is 9.90. The van der Waals surface area contributed by atoms with Gasteiger partial charge in [0, 0.05) is 23.6 Å². The van der Waals surface area contributed by atoms with Crippen LogP contribution in [0.3, 0.4) is 0 Å². The molecular formula is C18H34ClNO2Si2. The molecule has 24 heavy (non-hydrogen) atoms. The topological polar surface area (TPSA) is 44.5 Å². The Labute approximate surface area is 155 Å². The molecule has 0 saturated heterocycles. The molecule has 6 heteroatoms. The molecule has 0 fully saturated rings. The summed E-state index contributed by atoms with van der Waals surface area (Å²) in [5.41, 5.74) is 7.82. The Morgan fingerprint density at radius 1 is 1.00 bits per heavy atom. The summed E-state index contributed by atoms with van der Waals surface area (Å²) in [6.07, 6.45) is 0.904. The third-order valence-corrected chi connectivity index (χ3v) is 6.13. The molecule has 3 nitrogen and oxygen atoms in total. The van der Waals surface area contributed by atoms with Gasteiger partial charge >= 0.3 is 0 Å². The number of nitrogens with two attached hydrogens (primary N) is 1. The summed E-state index contributed by atoms with van der Waals surface area (Å²) in [5.74, 6) is 0.226. The van der Waals surface area contributed by atoms with Crippen molar-refractivity contribution in [3.8, 4) is 0 Å². The Balaban J connectivity index is 2.84. The molecule has 0 aliphatic carbocycles. The SMILES string of the molecule is CC(O[Si](C)(C)C)C(N)[C@@H](CO[Si](C)(C)C)Cc1ccc(Cl)cc1. The average Bonchev–Trinajstić information content (AvgIpc) is 2.42. The maximum Gasteiger partial charge on any atom is 0.184 e. The minimum absolute atomic E-state index is 0.0270. The first-order valence-corrected chi connectivity index (χ1v) is 15.9. The van der Waals surface area contributed by atoms with Crippen LogP contribution < -0.4 is 5.73 Å². The Kier molecular flexibility index (Phi) is 8.17. The van der Waals surface area contributed by atoms with E-state index in [0.717, 1.165) is 11.4 Å². The van der Waals surface area contributed by atoms with Crippen molar-refractivity contribution in [1.82, 2.24) is 0 Å². The van der Waals surface area contributed by atoms with Gasteiger partial charge in [-0.3, -0.25) is 0 Å². The number of benzene rings is 1. The zero-order valence-corrected chi connectivity index (χ0v) is 19.0. The van der Waals surface area contributed by atoms with Gasteiger partial charge in [-0.1, -0.05) is 23.7 Å². The minimum Gasteiger partial charge on any atom is -0.417 e. The Hall–Kier alpha value is -0.176. The first-order valence-electron chi connectivity index (χ1n) is 8.69. The van der Waals surface area contributed by atoms with Crippen LogP contribution >= 0.6 is 11.6 Å². The van der Waals surface area contributed by atoms with Gasteiger partial charge in [-0.25, -0.2) is 0 Å². The fraction of sp³-hybridized carbons (Fsp3) is 0.667. The van der Waals surface area contributed by atoms with Crippen molar-refractivity contribution in [1.29, 1.82) is 0 Å². The highest BCUT2D eigenvalue weighted by Gasteiger charge is 2.29. The van der Waals surface area contributed by atoms with Crippen LogP contribution in [0.5, 0.6) is 0 Å². The number of rotatable bonds is 9. The van der Waals surface area contributed by atoms with E-state index < -0.39 is 16.6 Å². The standard InChI is InChI=1S/C18H34ClNO2Si2/c1-14(22-24(5,6)7)18(20)16(13-21-23(2,3)4)12-15-8-10-17(19)11-9-15/h8-11,14,16,18H,12-13,20H2,1-7H3/t14?,16-,18?/m1/s1. The van der Waals surface area contributed by atoms with Crippen LogP contribution in [0.15, 0.2) is 24.3 Å². The average molecular weight is 388 g/mol. The van der Waals surface area contributed by atoms with Crippen LogP contribution in [0.25, 0.3) is 0 Å². The molecule has 138 valence electrons. The summed E-state index contributed by atoms with van der Waals surface area (Å²) < 4.78 is 12.4. The van der Waals surface area contributed by atoms with Crippen molar-refractivity contribution in [3.63, 3.8) is 0 Å². The van der Waals surface area contributed by atoms with Crippen LogP contribution in [0.2, 0.25) is 44.3 Å². The molecule has 3 atom stereocenters. The van der Waals surface area contributed by atoms with E-state index >= 15 is 0 Å². The van der Waals surface area contributed by atoms with Crippen molar-refractivity contribution in [2.75, 3.05) is 6.61 Å². The molecule has 0 aliphatic heterocycles. The van der Waals surface area contributed by atoms with Crippen LogP contribution in [0, 0.1) is 5.92 Å². The van der Waals surface area contributed by atoms with E-state index in [2.05, 4.69) is 58.3 Å². The third kappa shape index (κ3) is 8.78. The maximum absolute atomic E-state index is 6.58. The van der Waals surface area contributed by atoms with Crippen molar-refractivity contribution in [2.24, 2.45) is 11.7 Å². The lowest BCUT2D eigenvalue weighted by Crippen LogP contribution is -2.48. The molecule has 0 amide bonds. The number of halogens is 1. The fourth-order valence-corrected chi connectivity index (χ4v) is 4.72. The Morgan fingerprint density at radius 3 is 2.00 bits per heavy atom. The lowest BCUT2D eigenvalue weighted by Gasteiger charge is -2.34. The van der Waals surface area contributed by atoms with Gasteiger partial charge in [0.05, 0.1) is 6.10 Å². The third-order valence-electron chi connectivity index (χ3n) is 3.77. The fourth-order valence-electron chi connectivity index (χ4n) is 2.61. The highest BCUT2D eigenvalue weighted by Crippen LogP contribution is 2.21. The smallest absolute Gasteiger partial charge is 0.184 e. The lowest BCUT2D eigenvalue weighted by molar-refractivity contribution is 0.121. The molecule has 1 aromatic rings. The molecule has 2 unspecified atom stereocenters. The molecule has 0 aromatic heterocycles. The monoisotopic (exact) mass is 387 g/mol. The number of hydrogen-bond donors (Lipinski definition) is 1. The Bertz CT molecular complexity index is 497. The number of hydrogen-bond acceptors (Lipinski definition) is 3. The normalized spacial score (nSPS) is 16.7. The molecule has 0 saturated carbocycles. The molecule has 0 radical (unpaired) electrons. The van der Waals surface area contributed by atoms with Gasteiger partial charge in [0.15, 0.2) is 16.6 Å². The largest absolute Gasteiger partial charge is 0.417 e. The predicted octanol–water partition coefficient (Wildman–Crippen LogP) is 4.92. The second-order valence-electron chi connectivity index (χ2n) is 8.53. The summed E-state index contributed by atoms with van der Waals surface area (Å²) >= 11 is 6.00. The van der Waals surface area contributed by atoms with Crippen LogP contribution in [0.1, 0.15) is 12.5 Å². The zero-order chi connectivity index (χ0) is 18.5. The Morgan fingerprint density at radius 2 is 1.54 bits per heavy atom. The van der Waals surface area contributed by atoms with Crippen LogP contribution in [-0.2, 0) is 15.3 Å². The van der Waals surface area contributed by atoms with Gasteiger partial charge in [0.2, 0.25) is 0 Å². The summed E-state index contributed by atoms with van der Waals surface area (Å²) in [6, 6.07) is 7.95. The van der Waals surface area contributed by atoms with E-state index in [-0.39, 0.29) is 18.1 Å². The van der Waals surface area contributed by atoms with E-state index in [4.69, 9.17) is 26.2 Å². The molecular weight excluding hydrogens is 354 g/mol. The second kappa shape index (κ2) is 8.96. The summed E-state index contributed by atoms with van der Waals surface area (Å²) in [7, 11) is -3.20. The van der Waals surface area contributed by atoms with Gasteiger partial charge in [-0.05, 0) is 70.3 Å². The zero-order valence-electron chi connectivity index (χ0n) is 16.2. The van der Waals surface area contributed by atoms with E-state index in [1.165, 1.54) is 5.56 Å². The maximum atomic E-state index is 6.58. The molecule has 1 aromatic carbocycles. The van der Waals surface area contributed by atoms with E-state index in [0.29, 0.717) is 6.61 Å². The predicted molar refractivity (Wildman–Crippen MR) is 110 cm³/mol. The minimum atomic E-state index is -1.62. The summed E-state index contributed by atoms with van der Waals surface area (Å²) in [4.78, 5) is 0. The second-order valence-corrected chi connectivity index (χ2v) is 17.9. The van der Waals surface area contributed by atoms with Gasteiger partial charge in [-0.2, -0.15) is 0 Å². The molecule has 0 spiro atoms. The van der Waals surface area contributed by atoms with Gasteiger partial charge in [0.25, 0.3) is 0 Å². The first-order chi connectivity index (χ1) is 10.9. The van der Waals surface area contributed by atoms with E-state index in [1.807, 2.05) is 12.1 Å². The first kappa shape index (κ1) is 21.9. The highest BCUT2D eigenvalue weighted by molar-refractivity contribution is 6.70. The van der Waals surface area contributed by atoms with Crippen molar-refractivity contribution in [2.45, 2.75) is 64.8 Å². The van der Waals surface area contributed by atoms with E-state index in [1.54, 1.807) is 0 Å². The molecule has 2 N–H and O–H groups in total. The molecule has 0 aliphatic rings. The van der Waals surface area contributed by atoms with Crippen LogP contribution in [-0.4, -0.2) is 35.4 Å². The van der Waals surface area contributed by atoms with Crippen molar-refractivity contribution < 1.29 is 8.85 Å². The van der Waals surface area contributed by atoms with Crippen LogP contribution in [0.4, 0.5) is 0 Å². The summed E-state index contributed by atoms with van der Waals surface area (Å²) in [6.45, 7) is 16.0. The van der Waals surface area contributed by atoms with Gasteiger partial charge < -0.3 is 14.6 Å². The molecule has 0 heterocycles. The molecule has 1 rings (SSSR count). The highest BCUT2D eigenvalue weighted by atomic mass is 35.5. The van der Waals surface area contributed by atoms with Gasteiger partial charge in [0.1, 0.15) is 0 Å². The van der Waals surface area contributed by atoms with Crippen molar-refractivity contribution in [3.05, 3.63) is 34.9 Å². The van der Waals surface area contributed by atoms with E-state index in [9.17, 15) is 0 Å². The summed E-state index contributed by atoms with van der Waals surface area (Å²) in [5, 5.41) is 0.758. The molecule has 0 bridgehead atoms. The van der Waals surface area contributed by atoms with Crippen molar-refractivity contribution >= 4 is 28.2 Å². The quantitative estimate of drug-likeness (QED) is 0.611.